The molecule has 1 N–H and O–H groups in total. The van der Waals surface area contributed by atoms with E-state index >= 15 is 0 Å². The predicted molar refractivity (Wildman–Crippen MR) is 107 cm³/mol. The van der Waals surface area contributed by atoms with Gasteiger partial charge in [-0.25, -0.2) is 9.97 Å². The summed E-state index contributed by atoms with van der Waals surface area (Å²) in [6, 6.07) is 13.1. The molecule has 0 atom stereocenters. The average molecular weight is 386 g/mol. The molecule has 144 valence electrons. The lowest BCUT2D eigenvalue weighted by Gasteiger charge is -2.07. The molecule has 29 heavy (non-hydrogen) atoms. The van der Waals surface area contributed by atoms with Crippen molar-refractivity contribution in [3.05, 3.63) is 67.5 Å². The Kier molecular flexibility index (Phi) is 4.36. The Balaban J connectivity index is 1.34. The molecule has 0 bridgehead atoms. The molecule has 1 fully saturated rings. The smallest absolute Gasteiger partial charge is 0.316 e. The fourth-order valence-electron chi connectivity index (χ4n) is 3.21. The molecule has 0 radical (unpaired) electrons. The molecule has 4 aromatic rings. The highest BCUT2D eigenvalue weighted by Gasteiger charge is 2.26. The quantitative estimate of drug-likeness (QED) is 0.513. The first-order chi connectivity index (χ1) is 14.3. The van der Waals surface area contributed by atoms with Gasteiger partial charge in [-0.05, 0) is 30.5 Å². The number of aromatic nitrogens is 6. The Hall–Kier alpha value is -3.81. The molecular formula is C21H20N7O+. The highest BCUT2D eigenvalue weighted by atomic mass is 16.5. The maximum Gasteiger partial charge on any atom is 0.316 e. The molecule has 3 heterocycles. The van der Waals surface area contributed by atoms with Crippen molar-refractivity contribution in [1.29, 1.82) is 0 Å². The number of rotatable bonds is 6. The summed E-state index contributed by atoms with van der Waals surface area (Å²) in [6.45, 7) is 0. The number of benzene rings is 1. The first-order valence-corrected chi connectivity index (χ1v) is 9.45. The number of nitrogens with one attached hydrogen (secondary N) is 1. The number of ether oxygens (including phenoxy) is 1. The van der Waals surface area contributed by atoms with E-state index in [-0.39, 0.29) is 0 Å². The molecule has 0 amide bonds. The Morgan fingerprint density at radius 3 is 2.55 bits per heavy atom. The van der Waals surface area contributed by atoms with Crippen LogP contribution in [0.15, 0.2) is 67.5 Å². The maximum atomic E-state index is 5.00. The number of anilines is 1. The Morgan fingerprint density at radius 1 is 1.03 bits per heavy atom. The minimum Gasteiger partial charge on any atom is -0.467 e. The Bertz CT molecular complexity index is 1120. The van der Waals surface area contributed by atoms with Gasteiger partial charge in [0.15, 0.2) is 18.2 Å². The highest BCUT2D eigenvalue weighted by Crippen LogP contribution is 2.37. The van der Waals surface area contributed by atoms with Crippen LogP contribution in [-0.2, 0) is 0 Å². The van der Waals surface area contributed by atoms with Crippen molar-refractivity contribution in [2.45, 2.75) is 18.9 Å². The van der Waals surface area contributed by atoms with Crippen LogP contribution >= 0.6 is 0 Å². The lowest BCUT2D eigenvalue weighted by molar-refractivity contribution is -0.642. The molecular weight excluding hydrogens is 366 g/mol. The van der Waals surface area contributed by atoms with Crippen LogP contribution in [0.2, 0.25) is 0 Å². The number of nitrogens with zero attached hydrogens (tertiary/aromatic N) is 6. The van der Waals surface area contributed by atoms with Crippen molar-refractivity contribution in [3.8, 4) is 28.5 Å². The van der Waals surface area contributed by atoms with Gasteiger partial charge < -0.3 is 9.30 Å². The van der Waals surface area contributed by atoms with Gasteiger partial charge >= 0.3 is 6.01 Å². The first-order valence-electron chi connectivity index (χ1n) is 9.45. The van der Waals surface area contributed by atoms with E-state index in [1.165, 1.54) is 12.8 Å². The van der Waals surface area contributed by atoms with Crippen LogP contribution in [0.4, 0.5) is 5.69 Å². The van der Waals surface area contributed by atoms with Crippen LogP contribution in [0.5, 0.6) is 6.01 Å². The zero-order valence-electron chi connectivity index (χ0n) is 15.9. The van der Waals surface area contributed by atoms with Crippen LogP contribution in [0.25, 0.3) is 22.5 Å². The Morgan fingerprint density at radius 2 is 1.83 bits per heavy atom. The number of hydrogen-bond acceptors (Lipinski definition) is 6. The van der Waals surface area contributed by atoms with Crippen LogP contribution in [0.1, 0.15) is 18.9 Å². The normalized spacial score (nSPS) is 13.3. The second kappa shape index (κ2) is 7.31. The van der Waals surface area contributed by atoms with Crippen molar-refractivity contribution >= 4 is 5.69 Å². The predicted octanol–water partition coefficient (Wildman–Crippen LogP) is 2.91. The Labute approximate surface area is 167 Å². The SMILES string of the molecule is COc1ncc(-c2cc[n+](Nc3cccc(-c4nncn4C4CC4)c3)cc2)cn1. The summed E-state index contributed by atoms with van der Waals surface area (Å²) in [5, 5.41) is 8.40. The van der Waals surface area contributed by atoms with E-state index in [0.29, 0.717) is 12.1 Å². The second-order valence-electron chi connectivity index (χ2n) is 6.94. The summed E-state index contributed by atoms with van der Waals surface area (Å²) in [7, 11) is 1.55. The van der Waals surface area contributed by atoms with E-state index in [1.807, 2.05) is 47.7 Å². The third kappa shape index (κ3) is 3.64. The van der Waals surface area contributed by atoms with Gasteiger partial charge in [0.25, 0.3) is 0 Å². The standard InChI is InChI=1S/C21H20N7O/c1-29-21-22-12-17(13-23-21)15-7-9-27(10-8-15)26-18-4-2-3-16(11-18)20-25-24-14-28(20)19-5-6-19/h2-4,7-14,19,26H,5-6H2,1H3/q+1. The lowest BCUT2D eigenvalue weighted by Crippen LogP contribution is -2.41. The number of pyridine rings is 1. The monoisotopic (exact) mass is 386 g/mol. The molecule has 0 unspecified atom stereocenters. The molecule has 1 saturated carbocycles. The summed E-state index contributed by atoms with van der Waals surface area (Å²) in [6.07, 6.45) is 11.6. The van der Waals surface area contributed by atoms with E-state index in [0.717, 1.165) is 28.2 Å². The van der Waals surface area contributed by atoms with Gasteiger partial charge in [-0.1, -0.05) is 16.8 Å². The van der Waals surface area contributed by atoms with Crippen LogP contribution < -0.4 is 14.8 Å². The zero-order chi connectivity index (χ0) is 19.6. The van der Waals surface area contributed by atoms with Crippen LogP contribution in [0, 0.1) is 0 Å². The van der Waals surface area contributed by atoms with Crippen molar-refractivity contribution < 1.29 is 9.41 Å². The molecule has 1 aromatic carbocycles. The summed E-state index contributed by atoms with van der Waals surface area (Å²) < 4.78 is 9.07. The van der Waals surface area contributed by atoms with Gasteiger partial charge in [-0.3, -0.25) is 0 Å². The van der Waals surface area contributed by atoms with E-state index in [9.17, 15) is 0 Å². The molecule has 5 rings (SSSR count). The van der Waals surface area contributed by atoms with Gasteiger partial charge in [0.1, 0.15) is 6.33 Å². The van der Waals surface area contributed by atoms with Gasteiger partial charge in [-0.2, -0.15) is 5.43 Å². The highest BCUT2D eigenvalue weighted by molar-refractivity contribution is 5.62. The second-order valence-corrected chi connectivity index (χ2v) is 6.94. The molecule has 1 aliphatic rings. The van der Waals surface area contributed by atoms with Crippen LogP contribution in [0.3, 0.4) is 0 Å². The maximum absolute atomic E-state index is 5.00. The lowest BCUT2D eigenvalue weighted by atomic mass is 10.1. The summed E-state index contributed by atoms with van der Waals surface area (Å²) in [5.41, 5.74) is 7.35. The van der Waals surface area contributed by atoms with Gasteiger partial charge in [0, 0.05) is 41.7 Å². The summed E-state index contributed by atoms with van der Waals surface area (Å²) in [5.74, 6) is 0.913. The van der Waals surface area contributed by atoms with Gasteiger partial charge in [0.2, 0.25) is 0 Å². The molecule has 3 aromatic heterocycles. The van der Waals surface area contributed by atoms with Crippen molar-refractivity contribution in [3.63, 3.8) is 0 Å². The minimum absolute atomic E-state index is 0.360. The van der Waals surface area contributed by atoms with Crippen molar-refractivity contribution in [2.75, 3.05) is 12.5 Å². The number of hydrogen-bond donors (Lipinski definition) is 1. The first kappa shape index (κ1) is 17.3. The van der Waals surface area contributed by atoms with E-state index in [4.69, 9.17) is 4.74 Å². The zero-order valence-corrected chi connectivity index (χ0v) is 15.9. The van der Waals surface area contributed by atoms with Crippen LogP contribution in [-0.4, -0.2) is 31.8 Å². The van der Waals surface area contributed by atoms with Crippen molar-refractivity contribution in [1.82, 2.24) is 24.7 Å². The van der Waals surface area contributed by atoms with Gasteiger partial charge in [-0.15, -0.1) is 10.2 Å². The fourth-order valence-corrected chi connectivity index (χ4v) is 3.21. The van der Waals surface area contributed by atoms with Crippen molar-refractivity contribution in [2.24, 2.45) is 0 Å². The average Bonchev–Trinajstić information content (AvgIpc) is 3.50. The summed E-state index contributed by atoms with van der Waals surface area (Å²) >= 11 is 0. The molecule has 0 aliphatic heterocycles. The molecule has 8 nitrogen and oxygen atoms in total. The topological polar surface area (TPSA) is 81.6 Å². The van der Waals surface area contributed by atoms with E-state index in [1.54, 1.807) is 19.5 Å². The third-order valence-electron chi connectivity index (χ3n) is 4.87. The minimum atomic E-state index is 0.360. The van der Waals surface area contributed by atoms with E-state index in [2.05, 4.69) is 42.3 Å². The fraction of sp³-hybridized carbons (Fsp3) is 0.190. The molecule has 8 heteroatoms. The largest absolute Gasteiger partial charge is 0.467 e. The number of methoxy groups -OCH3 is 1. The molecule has 0 spiro atoms. The van der Waals surface area contributed by atoms with E-state index < -0.39 is 0 Å². The summed E-state index contributed by atoms with van der Waals surface area (Å²) in [4.78, 5) is 8.31. The van der Waals surface area contributed by atoms with Gasteiger partial charge in [0.05, 0.1) is 12.8 Å². The third-order valence-corrected chi connectivity index (χ3v) is 4.87. The molecule has 1 aliphatic carbocycles. The molecule has 0 saturated heterocycles.